The lowest BCUT2D eigenvalue weighted by Crippen LogP contribution is -2.54. The third-order valence-corrected chi connectivity index (χ3v) is 5.37. The topological polar surface area (TPSA) is 87.5 Å². The van der Waals surface area contributed by atoms with Crippen molar-refractivity contribution in [1.29, 1.82) is 0 Å². The molecule has 0 saturated heterocycles. The van der Waals surface area contributed by atoms with Crippen LogP contribution in [0.25, 0.3) is 0 Å². The average molecular weight is 368 g/mol. The Labute approximate surface area is 160 Å². The second-order valence-corrected chi connectivity index (χ2v) is 7.32. The number of anilines is 1. The van der Waals surface area contributed by atoms with Gasteiger partial charge in [-0.2, -0.15) is 0 Å². The standard InChI is InChI=1S/C21H28N4O2/c1-3-21(27)25-14(2)11-18(17-7-4-5-8-19(17)25)23-15-12-16(13-15)24-20(26)9-6-10-22/h4-5,7-8,14-16,18,23H,3,10-13,22H2,1-2H3,(H,24,26)/t14-,15?,16?,18+/m0/s1. The highest BCUT2D eigenvalue weighted by molar-refractivity contribution is 5.95. The van der Waals surface area contributed by atoms with Crippen LogP contribution in [0, 0.1) is 11.8 Å². The number of hydrogen-bond acceptors (Lipinski definition) is 4. The summed E-state index contributed by atoms with van der Waals surface area (Å²) in [4.78, 5) is 26.0. The van der Waals surface area contributed by atoms with Crippen molar-refractivity contribution in [2.75, 3.05) is 11.4 Å². The average Bonchev–Trinajstić information content (AvgIpc) is 2.64. The van der Waals surface area contributed by atoms with Crippen molar-refractivity contribution in [1.82, 2.24) is 10.6 Å². The maximum atomic E-state index is 12.4. The summed E-state index contributed by atoms with van der Waals surface area (Å²) in [6, 6.07) is 9.05. The quantitative estimate of drug-likeness (QED) is 0.702. The highest BCUT2D eigenvalue weighted by Gasteiger charge is 2.37. The van der Waals surface area contributed by atoms with Gasteiger partial charge < -0.3 is 21.3 Å². The van der Waals surface area contributed by atoms with Crippen LogP contribution in [0.15, 0.2) is 24.3 Å². The van der Waals surface area contributed by atoms with E-state index in [1.807, 2.05) is 30.0 Å². The predicted octanol–water partition coefficient (Wildman–Crippen LogP) is 1.46. The van der Waals surface area contributed by atoms with E-state index in [0.717, 1.165) is 24.9 Å². The molecule has 0 radical (unpaired) electrons. The lowest BCUT2D eigenvalue weighted by Gasteiger charge is -2.44. The number of amides is 2. The molecule has 0 bridgehead atoms. The van der Waals surface area contributed by atoms with Gasteiger partial charge in [0.1, 0.15) is 0 Å². The SMILES string of the molecule is CCC(=O)N1c2ccccc2[C@H](NC2CC(NC(=O)C#CCN)C2)C[C@@H]1C. The molecule has 1 aromatic rings. The largest absolute Gasteiger partial charge is 0.342 e. The van der Waals surface area contributed by atoms with Crippen molar-refractivity contribution in [3.63, 3.8) is 0 Å². The van der Waals surface area contributed by atoms with Crippen LogP contribution in [0.4, 0.5) is 5.69 Å². The number of carbonyl (C=O) groups excluding carboxylic acids is 2. The molecule has 1 fully saturated rings. The number of hydrogen-bond donors (Lipinski definition) is 3. The summed E-state index contributed by atoms with van der Waals surface area (Å²) in [6.45, 7) is 4.21. The number of benzene rings is 1. The Morgan fingerprint density at radius 2 is 1.96 bits per heavy atom. The molecular weight excluding hydrogens is 340 g/mol. The molecule has 3 rings (SSSR count). The lowest BCUT2D eigenvalue weighted by atomic mass is 9.83. The minimum Gasteiger partial charge on any atom is -0.342 e. The number of nitrogens with one attached hydrogen (secondary N) is 2. The van der Waals surface area contributed by atoms with E-state index in [0.29, 0.717) is 12.5 Å². The Hall–Kier alpha value is -2.36. The number of nitrogens with two attached hydrogens (primary N) is 1. The first-order chi connectivity index (χ1) is 13.0. The van der Waals surface area contributed by atoms with Gasteiger partial charge in [0.25, 0.3) is 5.91 Å². The Bertz CT molecular complexity index is 761. The van der Waals surface area contributed by atoms with Gasteiger partial charge in [0.15, 0.2) is 0 Å². The van der Waals surface area contributed by atoms with E-state index in [1.165, 1.54) is 5.56 Å². The zero-order chi connectivity index (χ0) is 19.4. The fourth-order valence-corrected chi connectivity index (χ4v) is 4.03. The monoisotopic (exact) mass is 368 g/mol. The van der Waals surface area contributed by atoms with Crippen molar-refractivity contribution in [2.45, 2.75) is 63.7 Å². The minimum atomic E-state index is -0.255. The molecule has 1 aromatic carbocycles. The molecule has 27 heavy (non-hydrogen) atoms. The van der Waals surface area contributed by atoms with E-state index in [-0.39, 0.29) is 36.5 Å². The molecule has 0 aromatic heterocycles. The number of fused-ring (bicyclic) bond motifs is 1. The van der Waals surface area contributed by atoms with Crippen LogP contribution in [0.5, 0.6) is 0 Å². The van der Waals surface area contributed by atoms with Gasteiger partial charge in [-0.1, -0.05) is 31.0 Å². The molecule has 2 atom stereocenters. The van der Waals surface area contributed by atoms with Gasteiger partial charge in [-0.25, -0.2) is 0 Å². The van der Waals surface area contributed by atoms with E-state index < -0.39 is 0 Å². The predicted molar refractivity (Wildman–Crippen MR) is 106 cm³/mol. The van der Waals surface area contributed by atoms with Gasteiger partial charge in [0, 0.05) is 36.3 Å². The van der Waals surface area contributed by atoms with E-state index in [1.54, 1.807) is 0 Å². The molecule has 0 spiro atoms. The van der Waals surface area contributed by atoms with E-state index >= 15 is 0 Å². The van der Waals surface area contributed by atoms with E-state index in [2.05, 4.69) is 35.5 Å². The van der Waals surface area contributed by atoms with Gasteiger partial charge in [-0.3, -0.25) is 9.59 Å². The molecule has 1 aliphatic heterocycles. The Morgan fingerprint density at radius 3 is 2.67 bits per heavy atom. The molecule has 1 saturated carbocycles. The van der Waals surface area contributed by atoms with Gasteiger partial charge >= 0.3 is 0 Å². The summed E-state index contributed by atoms with van der Waals surface area (Å²) in [6.07, 6.45) is 3.17. The maximum absolute atomic E-state index is 12.4. The molecular formula is C21H28N4O2. The summed E-state index contributed by atoms with van der Waals surface area (Å²) in [7, 11) is 0. The molecule has 4 N–H and O–H groups in total. The highest BCUT2D eigenvalue weighted by Crippen LogP contribution is 2.38. The zero-order valence-electron chi connectivity index (χ0n) is 16.0. The van der Waals surface area contributed by atoms with Crippen LogP contribution in [0.3, 0.4) is 0 Å². The third-order valence-electron chi connectivity index (χ3n) is 5.37. The minimum absolute atomic E-state index is 0.159. The molecule has 2 amide bonds. The van der Waals surface area contributed by atoms with Gasteiger partial charge in [0.05, 0.1) is 6.54 Å². The van der Waals surface area contributed by atoms with Crippen LogP contribution in [-0.2, 0) is 9.59 Å². The van der Waals surface area contributed by atoms with Crippen molar-refractivity contribution in [3.05, 3.63) is 29.8 Å². The fraction of sp³-hybridized carbons (Fsp3) is 0.524. The zero-order valence-corrected chi connectivity index (χ0v) is 16.0. The second kappa shape index (κ2) is 8.55. The van der Waals surface area contributed by atoms with E-state index in [4.69, 9.17) is 5.73 Å². The van der Waals surface area contributed by atoms with Crippen LogP contribution in [0.2, 0.25) is 0 Å². The van der Waals surface area contributed by atoms with Crippen molar-refractivity contribution >= 4 is 17.5 Å². The summed E-state index contributed by atoms with van der Waals surface area (Å²) >= 11 is 0. The highest BCUT2D eigenvalue weighted by atomic mass is 16.2. The number of carbonyl (C=O) groups is 2. The maximum Gasteiger partial charge on any atom is 0.296 e. The van der Waals surface area contributed by atoms with Crippen molar-refractivity contribution in [2.24, 2.45) is 5.73 Å². The van der Waals surface area contributed by atoms with Gasteiger partial charge in [-0.15, -0.1) is 0 Å². The third kappa shape index (κ3) is 4.32. The van der Waals surface area contributed by atoms with Crippen LogP contribution >= 0.6 is 0 Å². The van der Waals surface area contributed by atoms with Gasteiger partial charge in [0.2, 0.25) is 5.91 Å². The van der Waals surface area contributed by atoms with Crippen molar-refractivity contribution in [3.8, 4) is 11.8 Å². The molecule has 6 heteroatoms. The molecule has 6 nitrogen and oxygen atoms in total. The Kier molecular flexibility index (Phi) is 6.15. The van der Waals surface area contributed by atoms with E-state index in [9.17, 15) is 9.59 Å². The number of rotatable bonds is 4. The molecule has 0 unspecified atom stereocenters. The molecule has 1 heterocycles. The normalized spacial score (nSPS) is 26.3. The summed E-state index contributed by atoms with van der Waals surface area (Å²) in [5.74, 6) is 4.97. The van der Waals surface area contributed by atoms with Crippen molar-refractivity contribution < 1.29 is 9.59 Å². The lowest BCUT2D eigenvalue weighted by molar-refractivity contribution is -0.119. The summed E-state index contributed by atoms with van der Waals surface area (Å²) < 4.78 is 0. The second-order valence-electron chi connectivity index (χ2n) is 7.32. The summed E-state index contributed by atoms with van der Waals surface area (Å²) in [5, 5.41) is 6.64. The molecule has 1 aliphatic carbocycles. The first-order valence-corrected chi connectivity index (χ1v) is 9.70. The molecule has 144 valence electrons. The summed E-state index contributed by atoms with van der Waals surface area (Å²) in [5.41, 5.74) is 7.47. The fourth-order valence-electron chi connectivity index (χ4n) is 4.03. The Morgan fingerprint density at radius 1 is 1.22 bits per heavy atom. The molecule has 2 aliphatic rings. The first kappa shape index (κ1) is 19.4. The number of nitrogens with zero attached hydrogens (tertiary/aromatic N) is 1. The smallest absolute Gasteiger partial charge is 0.296 e. The number of para-hydroxylation sites is 1. The van der Waals surface area contributed by atoms with Crippen LogP contribution in [0.1, 0.15) is 51.1 Å². The van der Waals surface area contributed by atoms with Gasteiger partial charge in [-0.05, 0) is 43.7 Å². The van der Waals surface area contributed by atoms with Crippen LogP contribution in [-0.4, -0.2) is 36.5 Å². The first-order valence-electron chi connectivity index (χ1n) is 9.70. The van der Waals surface area contributed by atoms with Crippen LogP contribution < -0.4 is 21.3 Å². The Balaban J connectivity index is 1.62.